The molecule has 4 amide bonds. The maximum absolute atomic E-state index is 12.9. The molecule has 3 aliphatic rings. The number of nitrogens with one attached hydrogen (secondary N) is 9. The summed E-state index contributed by atoms with van der Waals surface area (Å²) in [6.45, 7) is 5.81. The van der Waals surface area contributed by atoms with Crippen LogP contribution in [0.25, 0.3) is 22.1 Å². The smallest absolute Gasteiger partial charge is 0.350 e. The number of amides is 4. The number of anilines is 4. The monoisotopic (exact) mass is 1040 g/mol. The van der Waals surface area contributed by atoms with Crippen LogP contribution >= 0.6 is 35.6 Å². The maximum Gasteiger partial charge on any atom is 0.350 e. The predicted octanol–water partition coefficient (Wildman–Crippen LogP) is 6.80. The van der Waals surface area contributed by atoms with Gasteiger partial charge in [-0.15, -0.1) is 12.4 Å². The van der Waals surface area contributed by atoms with Crippen molar-refractivity contribution >= 4 is 118 Å². The number of rotatable bonds is 12. The van der Waals surface area contributed by atoms with E-state index in [4.69, 9.17) is 37.5 Å². The molecule has 2 fully saturated rings. The summed E-state index contributed by atoms with van der Waals surface area (Å²) in [6, 6.07) is 24.9. The normalized spacial score (nSPS) is 14.6. The van der Waals surface area contributed by atoms with E-state index in [0.717, 1.165) is 62.9 Å². The number of halogens is 3. The van der Waals surface area contributed by atoms with Gasteiger partial charge in [0.05, 0.1) is 49.8 Å². The van der Waals surface area contributed by atoms with E-state index < -0.39 is 23.6 Å². The lowest BCUT2D eigenvalue weighted by Gasteiger charge is -2.29. The Kier molecular flexibility index (Phi) is 17.5. The second kappa shape index (κ2) is 24.3. The van der Waals surface area contributed by atoms with E-state index >= 15 is 0 Å². The predicted molar refractivity (Wildman–Crippen MR) is 276 cm³/mol. The van der Waals surface area contributed by atoms with E-state index in [1.54, 1.807) is 36.4 Å². The molecule has 0 bridgehead atoms. The minimum Gasteiger partial charge on any atom is -0.490 e. The Morgan fingerprint density at radius 1 is 0.694 bits per heavy atom. The number of para-hydroxylation sites is 4. The minimum atomic E-state index is -0.612. The summed E-state index contributed by atoms with van der Waals surface area (Å²) in [7, 11) is 2.10. The van der Waals surface area contributed by atoms with E-state index in [0.29, 0.717) is 44.0 Å². The second-order valence-corrected chi connectivity index (χ2v) is 17.0. The Morgan fingerprint density at radius 3 is 1.78 bits per heavy atom. The SMILES string of the molecule is C=O.CN1CCC(Oc2ccc(NC(=O)c3nc[nH]c3C(=O)Nc3nc4ccccc4[nH]3)c(Cl)c2)CC1.Cl.O=C(Nc1nc2ccccc2[nH]1)C1=C(C(=O)Nc2ccc(OC3CCNCC3)cc2Cl)N[C+]=N1. The number of nitrogens with zero attached hydrogens (tertiary/aromatic N) is 5. The lowest BCUT2D eigenvalue weighted by molar-refractivity contribution is -0.115. The molecule has 21 nitrogen and oxygen atoms in total. The average Bonchev–Trinajstić information content (AvgIpc) is 4.22. The van der Waals surface area contributed by atoms with Crippen molar-refractivity contribution in [3.05, 3.63) is 124 Å². The molecule has 372 valence electrons. The van der Waals surface area contributed by atoms with Crippen LogP contribution in [0.4, 0.5) is 23.3 Å². The molecule has 4 aromatic carbocycles. The first-order chi connectivity index (χ1) is 34.5. The summed E-state index contributed by atoms with van der Waals surface area (Å²) < 4.78 is 12.0. The number of piperidine rings is 2. The Hall–Kier alpha value is -7.91. The third-order valence-electron chi connectivity index (χ3n) is 11.3. The maximum atomic E-state index is 12.9. The van der Waals surface area contributed by atoms with Crippen LogP contribution in [0.1, 0.15) is 46.7 Å². The Balaban J connectivity index is 0.000000202. The number of carbonyl (C=O) groups excluding carboxylic acids is 5. The number of hydrogen-bond donors (Lipinski definition) is 9. The average molecular weight is 1040 g/mol. The molecular weight excluding hydrogens is 991 g/mol. The zero-order chi connectivity index (χ0) is 49.9. The molecule has 0 unspecified atom stereocenters. The molecular formula is C48H48Cl3N14O7+. The van der Waals surface area contributed by atoms with Crippen molar-refractivity contribution in [3.63, 3.8) is 0 Å². The highest BCUT2D eigenvalue weighted by Gasteiger charge is 2.36. The Labute approximate surface area is 427 Å². The summed E-state index contributed by atoms with van der Waals surface area (Å²) >= 11 is 12.8. The molecule has 0 saturated carbocycles. The largest absolute Gasteiger partial charge is 0.490 e. The van der Waals surface area contributed by atoms with Crippen molar-refractivity contribution < 1.29 is 33.4 Å². The summed E-state index contributed by atoms with van der Waals surface area (Å²) in [6.07, 6.45) is 7.73. The topological polar surface area (TPSA) is 278 Å². The molecule has 0 atom stereocenters. The fourth-order valence-electron chi connectivity index (χ4n) is 7.69. The van der Waals surface area contributed by atoms with Crippen molar-refractivity contribution in [1.82, 2.24) is 45.4 Å². The van der Waals surface area contributed by atoms with Gasteiger partial charge in [-0.25, -0.2) is 24.5 Å². The van der Waals surface area contributed by atoms with Gasteiger partial charge in [0.15, 0.2) is 5.69 Å². The highest BCUT2D eigenvalue weighted by Crippen LogP contribution is 2.31. The first kappa shape index (κ1) is 51.9. The van der Waals surface area contributed by atoms with Gasteiger partial charge in [0, 0.05) is 25.2 Å². The second-order valence-electron chi connectivity index (χ2n) is 16.2. The number of hydrogen-bond acceptors (Lipinski definition) is 14. The number of aromatic amines is 3. The molecule has 7 aromatic rings. The van der Waals surface area contributed by atoms with Gasteiger partial charge in [-0.1, -0.05) is 47.5 Å². The molecule has 24 heteroatoms. The van der Waals surface area contributed by atoms with Gasteiger partial charge >= 0.3 is 17.5 Å². The number of benzene rings is 4. The summed E-state index contributed by atoms with van der Waals surface area (Å²) in [5.74, 6) is -0.542. The highest BCUT2D eigenvalue weighted by molar-refractivity contribution is 6.34. The zero-order valence-corrected chi connectivity index (χ0v) is 40.8. The Morgan fingerprint density at radius 2 is 1.22 bits per heavy atom. The molecule has 3 aromatic heterocycles. The molecule has 0 spiro atoms. The number of H-pyrrole nitrogens is 3. The fourth-order valence-corrected chi connectivity index (χ4v) is 8.13. The van der Waals surface area contributed by atoms with Crippen LogP contribution in [-0.2, 0) is 14.4 Å². The minimum absolute atomic E-state index is 0. The molecule has 9 N–H and O–H groups in total. The third-order valence-corrected chi connectivity index (χ3v) is 11.9. The van der Waals surface area contributed by atoms with Gasteiger partial charge in [0.25, 0.3) is 23.8 Å². The quantitative estimate of drug-likeness (QED) is 0.0571. The molecule has 0 radical (unpaired) electrons. The van der Waals surface area contributed by atoms with E-state index in [-0.39, 0.29) is 59.3 Å². The van der Waals surface area contributed by atoms with Gasteiger partial charge in [0.2, 0.25) is 11.9 Å². The van der Waals surface area contributed by atoms with Gasteiger partial charge < -0.3 is 50.1 Å². The third kappa shape index (κ3) is 12.9. The number of imidazole rings is 3. The standard InChI is InChI=1S/C24H24ClN7O3.C23H20ClN7O3.CH2O.ClH/c1-32-10-8-14(9-11-32)35-15-6-7-17(16(25)12-15)28-22(33)20-21(27-13-26-20)23(34)31-24-29-18-4-2-3-5-19(18)30-24;24-15-11-14(34-13-7-9-25-10-8-13)5-6-16(15)28-21(32)19-20(27-12-26-19)22(33)31-23-29-17-3-1-2-4-18(17)30-23;1-2;/h2-7,12-14H,8-11H2,1H3,(H,26,27)(H,28,33)(H2,29,30,31,34);1-6,11,13,25H,7-10H2,(H3-,26,27,28,29,30,31,32,33);1H2;1H/p+1. The first-order valence-electron chi connectivity index (χ1n) is 22.3. The van der Waals surface area contributed by atoms with Gasteiger partial charge in [-0.05, 0) is 99.3 Å². The van der Waals surface area contributed by atoms with Gasteiger partial charge in [-0.2, -0.15) is 5.32 Å². The number of ether oxygens (including phenoxy) is 2. The summed E-state index contributed by atoms with van der Waals surface area (Å²) in [5, 5.41) is 17.2. The number of likely N-dealkylation sites (tertiary alicyclic amines) is 1. The first-order valence-corrected chi connectivity index (χ1v) is 23.0. The Bertz CT molecular complexity index is 3060. The lowest BCUT2D eigenvalue weighted by Crippen LogP contribution is -2.35. The van der Waals surface area contributed by atoms with E-state index in [2.05, 4.69) is 85.1 Å². The van der Waals surface area contributed by atoms with Crippen molar-refractivity contribution in [1.29, 1.82) is 0 Å². The number of aromatic nitrogens is 6. The van der Waals surface area contributed by atoms with Crippen LogP contribution in [0.3, 0.4) is 0 Å². The van der Waals surface area contributed by atoms with Crippen LogP contribution < -0.4 is 41.4 Å². The van der Waals surface area contributed by atoms with E-state index in [1.807, 2.05) is 55.3 Å². The van der Waals surface area contributed by atoms with Crippen molar-refractivity contribution in [2.75, 3.05) is 54.5 Å². The zero-order valence-electron chi connectivity index (χ0n) is 38.4. The van der Waals surface area contributed by atoms with Crippen molar-refractivity contribution in [3.8, 4) is 11.5 Å². The molecule has 72 heavy (non-hydrogen) atoms. The van der Waals surface area contributed by atoms with Crippen LogP contribution in [0.5, 0.6) is 11.5 Å². The summed E-state index contributed by atoms with van der Waals surface area (Å²) in [5.41, 5.74) is 3.48. The van der Waals surface area contributed by atoms with E-state index in [1.165, 1.54) is 6.33 Å². The van der Waals surface area contributed by atoms with Crippen LogP contribution in [0.15, 0.2) is 108 Å². The van der Waals surface area contributed by atoms with E-state index in [9.17, 15) is 19.2 Å². The van der Waals surface area contributed by atoms with Gasteiger partial charge in [0.1, 0.15) is 36.2 Å². The van der Waals surface area contributed by atoms with Crippen LogP contribution in [0.2, 0.25) is 10.0 Å². The summed E-state index contributed by atoms with van der Waals surface area (Å²) in [4.78, 5) is 86.7. The lowest BCUT2D eigenvalue weighted by atomic mass is 10.1. The number of fused-ring (bicyclic) bond motifs is 2. The molecule has 3 aliphatic heterocycles. The van der Waals surface area contributed by atoms with Crippen molar-refractivity contribution in [2.45, 2.75) is 37.9 Å². The number of carbonyl (C=O) groups is 5. The fraction of sp³-hybridized carbons (Fsp3) is 0.229. The van der Waals surface area contributed by atoms with Gasteiger partial charge in [-0.3, -0.25) is 20.2 Å². The van der Waals surface area contributed by atoms with Crippen molar-refractivity contribution in [2.24, 2.45) is 4.99 Å². The molecule has 10 rings (SSSR count). The highest BCUT2D eigenvalue weighted by atomic mass is 35.5. The number of aliphatic imine (C=N–C) groups is 1. The van der Waals surface area contributed by atoms with Crippen LogP contribution in [0, 0.1) is 0 Å². The van der Waals surface area contributed by atoms with Crippen LogP contribution in [-0.4, -0.2) is 117 Å². The molecule has 0 aliphatic carbocycles. The molecule has 2 saturated heterocycles. The molecule has 6 heterocycles.